The largest absolute Gasteiger partial charge is 0.220 e. The van der Waals surface area contributed by atoms with Crippen LogP contribution >= 0.6 is 12.8 Å². The lowest BCUT2D eigenvalue weighted by Crippen LogP contribution is -1.73. The van der Waals surface area contributed by atoms with E-state index in [1.807, 2.05) is 30.3 Å². The second-order valence-corrected chi connectivity index (χ2v) is 1.64. The summed E-state index contributed by atoms with van der Waals surface area (Å²) in [6.07, 6.45) is 0. The molecule has 8 heavy (non-hydrogen) atoms. The predicted octanol–water partition coefficient (Wildman–Crippen LogP) is 1.77. The summed E-state index contributed by atoms with van der Waals surface area (Å²) in [7, 11) is 0. The van der Waals surface area contributed by atoms with Gasteiger partial charge in [-0.15, -0.1) is 0 Å². The summed E-state index contributed by atoms with van der Waals surface area (Å²) in [4.78, 5) is 0. The number of para-hydroxylation sites is 1. The van der Waals surface area contributed by atoms with E-state index >= 15 is 0 Å². The van der Waals surface area contributed by atoms with Gasteiger partial charge in [-0.25, -0.2) is 4.72 Å². The topological polar surface area (TPSA) is 14.1 Å². The van der Waals surface area contributed by atoms with E-state index in [9.17, 15) is 0 Å². The van der Waals surface area contributed by atoms with Crippen molar-refractivity contribution >= 4 is 18.5 Å². The van der Waals surface area contributed by atoms with Gasteiger partial charge in [-0.2, -0.15) is 0 Å². The summed E-state index contributed by atoms with van der Waals surface area (Å²) in [5, 5.41) is 0. The SMILES string of the molecule is S[N]c1ccccc1. The lowest BCUT2D eigenvalue weighted by molar-refractivity contribution is 1.40. The van der Waals surface area contributed by atoms with Crippen molar-refractivity contribution in [3.8, 4) is 0 Å². The summed E-state index contributed by atoms with van der Waals surface area (Å²) >= 11 is 3.74. The van der Waals surface area contributed by atoms with Crippen LogP contribution in [-0.4, -0.2) is 0 Å². The molecule has 0 aliphatic carbocycles. The molecule has 0 aromatic heterocycles. The quantitative estimate of drug-likeness (QED) is 0.548. The highest BCUT2D eigenvalue weighted by Gasteiger charge is 1.81. The molecule has 41 valence electrons. The monoisotopic (exact) mass is 124 g/mol. The fourth-order valence-corrected chi connectivity index (χ4v) is 0.628. The van der Waals surface area contributed by atoms with Gasteiger partial charge in [0.1, 0.15) is 0 Å². The minimum Gasteiger partial charge on any atom is -0.220 e. The molecule has 0 aliphatic rings. The van der Waals surface area contributed by atoms with E-state index in [4.69, 9.17) is 0 Å². The molecule has 1 nitrogen and oxygen atoms in total. The second kappa shape index (κ2) is 2.62. The Balaban J connectivity index is 2.83. The highest BCUT2D eigenvalue weighted by Crippen LogP contribution is 2.04. The molecule has 1 rings (SSSR count). The molecule has 2 heteroatoms. The van der Waals surface area contributed by atoms with E-state index < -0.39 is 0 Å². The first kappa shape index (κ1) is 5.51. The van der Waals surface area contributed by atoms with Gasteiger partial charge in [0.2, 0.25) is 0 Å². The standard InChI is InChI=1S/C6H6NS/c8-7-6-4-2-1-3-5-6/h1-5,8H. The van der Waals surface area contributed by atoms with Crippen molar-refractivity contribution in [2.75, 3.05) is 0 Å². The maximum Gasteiger partial charge on any atom is 0.0710 e. The Labute approximate surface area is 54.3 Å². The van der Waals surface area contributed by atoms with Crippen LogP contribution in [0, 0.1) is 0 Å². The molecule has 0 saturated heterocycles. The Morgan fingerprint density at radius 2 is 1.75 bits per heavy atom. The molecule has 0 heterocycles. The average molecular weight is 124 g/mol. The molecule has 1 aromatic rings. The van der Waals surface area contributed by atoms with E-state index in [2.05, 4.69) is 17.5 Å². The average Bonchev–Trinajstić information content (AvgIpc) is 1.90. The number of hydrogen-bond donors (Lipinski definition) is 1. The van der Waals surface area contributed by atoms with Crippen molar-refractivity contribution in [3.05, 3.63) is 30.3 Å². The van der Waals surface area contributed by atoms with Gasteiger partial charge in [0.25, 0.3) is 0 Å². The van der Waals surface area contributed by atoms with Crippen LogP contribution in [0.25, 0.3) is 0 Å². The predicted molar refractivity (Wildman–Crippen MR) is 37.2 cm³/mol. The Bertz CT molecular complexity index is 150. The van der Waals surface area contributed by atoms with Gasteiger partial charge in [-0.05, 0) is 24.9 Å². The molecule has 0 unspecified atom stereocenters. The normalized spacial score (nSPS) is 8.62. The minimum atomic E-state index is 0.899. The van der Waals surface area contributed by atoms with Crippen LogP contribution in [0.3, 0.4) is 0 Å². The molecular weight excluding hydrogens is 118 g/mol. The van der Waals surface area contributed by atoms with Gasteiger partial charge in [0, 0.05) is 0 Å². The van der Waals surface area contributed by atoms with E-state index in [1.54, 1.807) is 0 Å². The zero-order valence-electron chi connectivity index (χ0n) is 4.28. The van der Waals surface area contributed by atoms with E-state index in [-0.39, 0.29) is 0 Å². The molecule has 0 spiro atoms. The Morgan fingerprint density at radius 1 is 1.12 bits per heavy atom. The highest BCUT2D eigenvalue weighted by molar-refractivity contribution is 7.78. The summed E-state index contributed by atoms with van der Waals surface area (Å²) in [5.74, 6) is 0. The van der Waals surface area contributed by atoms with Crippen molar-refractivity contribution in [1.29, 1.82) is 0 Å². The molecule has 1 radical (unpaired) electrons. The van der Waals surface area contributed by atoms with Gasteiger partial charge >= 0.3 is 0 Å². The first-order valence-corrected chi connectivity index (χ1v) is 2.73. The number of rotatable bonds is 1. The molecule has 0 fully saturated rings. The van der Waals surface area contributed by atoms with Crippen LogP contribution in [0.5, 0.6) is 0 Å². The lowest BCUT2D eigenvalue weighted by atomic mass is 10.3. The first-order valence-electron chi connectivity index (χ1n) is 2.33. The summed E-state index contributed by atoms with van der Waals surface area (Å²) in [6.45, 7) is 0. The van der Waals surface area contributed by atoms with Crippen LogP contribution in [0.1, 0.15) is 0 Å². The van der Waals surface area contributed by atoms with Gasteiger partial charge in [-0.1, -0.05) is 18.2 Å². The third kappa shape index (κ3) is 1.17. The number of nitrogens with zero attached hydrogens (tertiary/aromatic N) is 1. The van der Waals surface area contributed by atoms with Crippen molar-refractivity contribution in [1.82, 2.24) is 4.72 Å². The Kier molecular flexibility index (Phi) is 1.80. The van der Waals surface area contributed by atoms with Crippen LogP contribution in [-0.2, 0) is 0 Å². The first-order chi connectivity index (χ1) is 3.93. The fraction of sp³-hybridized carbons (Fsp3) is 0. The maximum absolute atomic E-state index is 3.74. The van der Waals surface area contributed by atoms with Crippen LogP contribution in [0.2, 0.25) is 0 Å². The van der Waals surface area contributed by atoms with E-state index in [1.165, 1.54) is 0 Å². The van der Waals surface area contributed by atoms with Crippen molar-refractivity contribution in [2.45, 2.75) is 0 Å². The summed E-state index contributed by atoms with van der Waals surface area (Å²) in [5.41, 5.74) is 0.899. The van der Waals surface area contributed by atoms with E-state index in [0.29, 0.717) is 0 Å². The Hall–Kier alpha value is -0.630. The lowest BCUT2D eigenvalue weighted by Gasteiger charge is -1.89. The van der Waals surface area contributed by atoms with Crippen molar-refractivity contribution in [3.63, 3.8) is 0 Å². The fourth-order valence-electron chi connectivity index (χ4n) is 0.495. The van der Waals surface area contributed by atoms with Crippen LogP contribution in [0.15, 0.2) is 30.3 Å². The smallest absolute Gasteiger partial charge is 0.0710 e. The zero-order valence-corrected chi connectivity index (χ0v) is 5.18. The molecule has 0 atom stereocenters. The highest BCUT2D eigenvalue weighted by atomic mass is 32.1. The van der Waals surface area contributed by atoms with Gasteiger partial charge in [-0.3, -0.25) is 0 Å². The van der Waals surface area contributed by atoms with Crippen LogP contribution in [0.4, 0.5) is 5.69 Å². The molecule has 0 amide bonds. The second-order valence-electron chi connectivity index (χ2n) is 1.44. The van der Waals surface area contributed by atoms with Crippen LogP contribution < -0.4 is 4.72 Å². The third-order valence-corrected chi connectivity index (χ3v) is 1.10. The summed E-state index contributed by atoms with van der Waals surface area (Å²) in [6, 6.07) is 9.59. The molecule has 0 aliphatic heterocycles. The number of hydrogen-bond acceptors (Lipinski definition) is 1. The zero-order chi connectivity index (χ0) is 5.82. The Morgan fingerprint density at radius 3 is 2.12 bits per heavy atom. The van der Waals surface area contributed by atoms with Gasteiger partial charge in [0.15, 0.2) is 0 Å². The third-order valence-electron chi connectivity index (χ3n) is 0.872. The summed E-state index contributed by atoms with van der Waals surface area (Å²) < 4.78 is 3.66. The molecule has 0 bridgehead atoms. The van der Waals surface area contributed by atoms with Crippen molar-refractivity contribution in [2.24, 2.45) is 0 Å². The molecule has 0 saturated carbocycles. The van der Waals surface area contributed by atoms with Gasteiger partial charge in [0.05, 0.1) is 5.69 Å². The van der Waals surface area contributed by atoms with Crippen molar-refractivity contribution < 1.29 is 0 Å². The molecular formula is C6H6NS. The molecule has 0 N–H and O–H groups in total. The number of benzene rings is 1. The van der Waals surface area contributed by atoms with Gasteiger partial charge < -0.3 is 0 Å². The van der Waals surface area contributed by atoms with E-state index in [0.717, 1.165) is 5.69 Å². The maximum atomic E-state index is 3.74. The minimum absolute atomic E-state index is 0.899. The number of thiol groups is 1. The molecule has 1 aromatic carbocycles.